The van der Waals surface area contributed by atoms with E-state index < -0.39 is 5.54 Å². The Kier molecular flexibility index (Phi) is 4.91. The Morgan fingerprint density at radius 1 is 1.29 bits per heavy atom. The third kappa shape index (κ3) is 2.97. The molecule has 0 amide bonds. The van der Waals surface area contributed by atoms with Crippen LogP contribution in [-0.4, -0.2) is 50.5 Å². The minimum Gasteiger partial charge on any atom is -0.394 e. The summed E-state index contributed by atoms with van der Waals surface area (Å²) in [4.78, 5) is 0. The summed E-state index contributed by atoms with van der Waals surface area (Å²) in [5.74, 6) is 0. The van der Waals surface area contributed by atoms with Crippen LogP contribution < -0.4 is 5.32 Å². The molecule has 6 nitrogen and oxygen atoms in total. The molecule has 0 fully saturated rings. The van der Waals surface area contributed by atoms with Gasteiger partial charge >= 0.3 is 0 Å². The van der Waals surface area contributed by atoms with E-state index in [0.717, 1.165) is 11.3 Å². The first-order valence-electron chi connectivity index (χ1n) is 5.25. The lowest BCUT2D eigenvalue weighted by atomic mass is 10.0. The van der Waals surface area contributed by atoms with Gasteiger partial charge in [-0.3, -0.25) is 4.68 Å². The molecule has 0 unspecified atom stereocenters. The number of nitrogens with one attached hydrogen (secondary N) is 1. The zero-order valence-corrected chi connectivity index (χ0v) is 10.7. The topological polar surface area (TPSA) is 90.5 Å². The Balaban J connectivity index is 2.79. The van der Waals surface area contributed by atoms with E-state index in [9.17, 15) is 0 Å². The van der Waals surface area contributed by atoms with E-state index in [0.29, 0.717) is 11.7 Å². The predicted octanol–water partition coefficient (Wildman–Crippen LogP) is -0.813. The lowest BCUT2D eigenvalue weighted by Crippen LogP contribution is -2.54. The maximum Gasteiger partial charge on any atom is 0.131 e. The van der Waals surface area contributed by atoms with Crippen molar-refractivity contribution in [1.29, 1.82) is 0 Å². The molecule has 0 saturated heterocycles. The van der Waals surface area contributed by atoms with Gasteiger partial charge in [0.05, 0.1) is 31.1 Å². The van der Waals surface area contributed by atoms with E-state index in [4.69, 9.17) is 26.9 Å². The van der Waals surface area contributed by atoms with E-state index in [2.05, 4.69) is 10.4 Å². The summed E-state index contributed by atoms with van der Waals surface area (Å²) < 4.78 is 1.55. The Morgan fingerprint density at radius 2 is 1.82 bits per heavy atom. The van der Waals surface area contributed by atoms with Crippen LogP contribution in [0.3, 0.4) is 0 Å². The Bertz CT molecular complexity index is 369. The minimum atomic E-state index is -1.11. The van der Waals surface area contributed by atoms with Crippen LogP contribution >= 0.6 is 11.6 Å². The molecule has 0 atom stereocenters. The Labute approximate surface area is 105 Å². The second-order valence-electron chi connectivity index (χ2n) is 4.09. The highest BCUT2D eigenvalue weighted by atomic mass is 35.5. The first-order valence-corrected chi connectivity index (χ1v) is 5.63. The van der Waals surface area contributed by atoms with E-state index in [1.54, 1.807) is 11.7 Å². The lowest BCUT2D eigenvalue weighted by Gasteiger charge is -2.28. The number of nitrogens with zero attached hydrogens (tertiary/aromatic N) is 2. The van der Waals surface area contributed by atoms with Gasteiger partial charge in [-0.2, -0.15) is 5.10 Å². The van der Waals surface area contributed by atoms with Crippen LogP contribution in [0, 0.1) is 6.92 Å². The SMILES string of the molecule is Cc1nn(C)c(Cl)c1CNC(CO)(CO)CO. The van der Waals surface area contributed by atoms with Gasteiger partial charge in [-0.25, -0.2) is 0 Å². The molecular weight excluding hydrogens is 246 g/mol. The maximum absolute atomic E-state index is 9.16. The van der Waals surface area contributed by atoms with Crippen molar-refractivity contribution in [2.75, 3.05) is 19.8 Å². The molecule has 0 aliphatic heterocycles. The van der Waals surface area contributed by atoms with Gasteiger partial charge in [0.25, 0.3) is 0 Å². The van der Waals surface area contributed by atoms with Crippen LogP contribution in [0.5, 0.6) is 0 Å². The van der Waals surface area contributed by atoms with Crippen LogP contribution in [-0.2, 0) is 13.6 Å². The van der Waals surface area contributed by atoms with Gasteiger partial charge in [0.1, 0.15) is 5.15 Å². The molecule has 0 aliphatic carbocycles. The molecule has 1 heterocycles. The number of hydrogen-bond donors (Lipinski definition) is 4. The van der Waals surface area contributed by atoms with Crippen LogP contribution in [0.15, 0.2) is 0 Å². The highest BCUT2D eigenvalue weighted by Crippen LogP contribution is 2.19. The van der Waals surface area contributed by atoms with Crippen molar-refractivity contribution in [3.63, 3.8) is 0 Å². The molecule has 4 N–H and O–H groups in total. The lowest BCUT2D eigenvalue weighted by molar-refractivity contribution is 0.0413. The zero-order valence-electron chi connectivity index (χ0n) is 9.94. The fraction of sp³-hybridized carbons (Fsp3) is 0.700. The van der Waals surface area contributed by atoms with E-state index in [1.807, 2.05) is 6.92 Å². The van der Waals surface area contributed by atoms with Crippen molar-refractivity contribution < 1.29 is 15.3 Å². The number of aromatic nitrogens is 2. The van der Waals surface area contributed by atoms with Crippen LogP contribution in [0.2, 0.25) is 5.15 Å². The fourth-order valence-electron chi connectivity index (χ4n) is 1.47. The summed E-state index contributed by atoms with van der Waals surface area (Å²) in [5, 5.41) is 35.0. The summed E-state index contributed by atoms with van der Waals surface area (Å²) in [6, 6.07) is 0. The highest BCUT2D eigenvalue weighted by Gasteiger charge is 2.28. The van der Waals surface area contributed by atoms with Crippen molar-refractivity contribution in [2.45, 2.75) is 19.0 Å². The highest BCUT2D eigenvalue weighted by molar-refractivity contribution is 6.30. The van der Waals surface area contributed by atoms with Gasteiger partial charge in [-0.05, 0) is 6.92 Å². The molecule has 0 bridgehead atoms. The third-order valence-electron chi connectivity index (χ3n) is 2.82. The third-order valence-corrected chi connectivity index (χ3v) is 3.29. The van der Waals surface area contributed by atoms with Crippen LogP contribution in [0.1, 0.15) is 11.3 Å². The quantitative estimate of drug-likeness (QED) is 0.539. The average molecular weight is 264 g/mol. The molecule has 7 heteroatoms. The fourth-order valence-corrected chi connectivity index (χ4v) is 1.71. The largest absolute Gasteiger partial charge is 0.394 e. The van der Waals surface area contributed by atoms with Gasteiger partial charge in [0.2, 0.25) is 0 Å². The molecule has 98 valence electrons. The van der Waals surface area contributed by atoms with Gasteiger partial charge in [0, 0.05) is 19.2 Å². The number of halogens is 1. The summed E-state index contributed by atoms with van der Waals surface area (Å²) in [6.07, 6.45) is 0. The molecule has 0 aliphatic rings. The average Bonchev–Trinajstić information content (AvgIpc) is 2.57. The van der Waals surface area contributed by atoms with Crippen molar-refractivity contribution in [3.8, 4) is 0 Å². The minimum absolute atomic E-state index is 0.320. The predicted molar refractivity (Wildman–Crippen MR) is 63.8 cm³/mol. The summed E-state index contributed by atoms with van der Waals surface area (Å²) in [7, 11) is 1.73. The first kappa shape index (κ1) is 14.4. The molecule has 1 rings (SSSR count). The Morgan fingerprint density at radius 3 is 2.18 bits per heavy atom. The monoisotopic (exact) mass is 263 g/mol. The molecule has 0 aromatic carbocycles. The number of aryl methyl sites for hydroxylation is 2. The second-order valence-corrected chi connectivity index (χ2v) is 4.44. The van der Waals surface area contributed by atoms with Gasteiger partial charge in [-0.1, -0.05) is 11.6 Å². The Hall–Kier alpha value is -0.660. The standard InChI is InChI=1S/C10H18ClN3O3/c1-7-8(9(11)14(2)13-7)3-12-10(4-15,5-16)6-17/h12,15-17H,3-6H2,1-2H3. The van der Waals surface area contributed by atoms with Crippen molar-refractivity contribution in [2.24, 2.45) is 7.05 Å². The molecular formula is C10H18ClN3O3. The molecule has 1 aromatic heterocycles. The van der Waals surface area contributed by atoms with Crippen LogP contribution in [0.25, 0.3) is 0 Å². The molecule has 0 saturated carbocycles. The summed E-state index contributed by atoms with van der Waals surface area (Å²) >= 11 is 6.05. The number of aliphatic hydroxyl groups excluding tert-OH is 3. The molecule has 0 spiro atoms. The molecule has 0 radical (unpaired) electrons. The van der Waals surface area contributed by atoms with Crippen molar-refractivity contribution in [3.05, 3.63) is 16.4 Å². The number of aliphatic hydroxyl groups is 3. The molecule has 17 heavy (non-hydrogen) atoms. The normalized spacial score (nSPS) is 12.1. The smallest absolute Gasteiger partial charge is 0.131 e. The maximum atomic E-state index is 9.16. The number of hydrogen-bond acceptors (Lipinski definition) is 5. The van der Waals surface area contributed by atoms with Gasteiger partial charge in [-0.15, -0.1) is 0 Å². The van der Waals surface area contributed by atoms with Gasteiger partial charge in [0.15, 0.2) is 0 Å². The van der Waals surface area contributed by atoms with E-state index in [1.165, 1.54) is 0 Å². The van der Waals surface area contributed by atoms with Crippen molar-refractivity contribution >= 4 is 11.6 Å². The van der Waals surface area contributed by atoms with E-state index >= 15 is 0 Å². The summed E-state index contributed by atoms with van der Waals surface area (Å²) in [6.45, 7) is 1.05. The second kappa shape index (κ2) is 5.79. The number of rotatable bonds is 6. The van der Waals surface area contributed by atoms with Crippen LogP contribution in [0.4, 0.5) is 0 Å². The van der Waals surface area contributed by atoms with Crippen molar-refractivity contribution in [1.82, 2.24) is 15.1 Å². The zero-order chi connectivity index (χ0) is 13.1. The van der Waals surface area contributed by atoms with E-state index in [-0.39, 0.29) is 19.8 Å². The van der Waals surface area contributed by atoms with Gasteiger partial charge < -0.3 is 20.6 Å². The first-order chi connectivity index (χ1) is 7.99. The molecule has 1 aromatic rings. The summed E-state index contributed by atoms with van der Waals surface area (Å²) in [5.41, 5.74) is 0.452.